The highest BCUT2D eigenvalue weighted by Crippen LogP contribution is 2.49. The van der Waals surface area contributed by atoms with Gasteiger partial charge in [-0.25, -0.2) is 9.97 Å². The van der Waals surface area contributed by atoms with Gasteiger partial charge in [0.05, 0.1) is 33.3 Å². The summed E-state index contributed by atoms with van der Waals surface area (Å²) in [6, 6.07) is 59.8. The van der Waals surface area contributed by atoms with Crippen molar-refractivity contribution in [1.82, 2.24) is 18.9 Å². The molecule has 0 fully saturated rings. The van der Waals surface area contributed by atoms with E-state index in [1.807, 2.05) is 0 Å². The fourth-order valence-electron chi connectivity index (χ4n) is 9.64. The van der Waals surface area contributed by atoms with Gasteiger partial charge in [0.2, 0.25) is 0 Å². The molecule has 4 heterocycles. The van der Waals surface area contributed by atoms with E-state index in [4.69, 9.17) is 9.97 Å². The fraction of sp³-hybridized carbons (Fsp3) is 0.0588. The third-order valence-corrected chi connectivity index (χ3v) is 12.2. The van der Waals surface area contributed by atoms with E-state index in [1.165, 1.54) is 82.2 Å². The number of fused-ring (bicyclic) bond motifs is 15. The van der Waals surface area contributed by atoms with Gasteiger partial charge in [-0.05, 0) is 75.2 Å². The van der Waals surface area contributed by atoms with Gasteiger partial charge in [0.1, 0.15) is 12.1 Å². The van der Waals surface area contributed by atoms with Crippen molar-refractivity contribution in [3.8, 4) is 39.3 Å². The van der Waals surface area contributed by atoms with Crippen LogP contribution in [0.5, 0.6) is 0 Å². The second kappa shape index (κ2) is 11.0. The van der Waals surface area contributed by atoms with Gasteiger partial charge in [-0.1, -0.05) is 135 Å². The molecular formula is C51H34N4. The highest BCUT2D eigenvalue weighted by Gasteiger charge is 2.35. The molecule has 4 aromatic heterocycles. The molecule has 1 aliphatic rings. The number of pyridine rings is 1. The van der Waals surface area contributed by atoms with Crippen molar-refractivity contribution in [1.29, 1.82) is 0 Å². The standard InChI is InChI=1S/C51H34N4/c1-51(2)42-19-8-5-15-35(42)36-23-22-32(27-43(36)51)31-12-11-13-33(26-31)44-29-49(53-30-52-44)55-46-21-10-7-18-39(46)40-24-25-47-41(50(40)55)28-48-38-17-4-3-14-34(38)37-16-6-9-20-45(37)54(47)48/h3-30H,1-2H3. The monoisotopic (exact) mass is 702 g/mol. The van der Waals surface area contributed by atoms with Crippen LogP contribution in [0.15, 0.2) is 170 Å². The number of aromatic nitrogens is 4. The van der Waals surface area contributed by atoms with Gasteiger partial charge in [0.25, 0.3) is 0 Å². The predicted octanol–water partition coefficient (Wildman–Crippen LogP) is 12.9. The summed E-state index contributed by atoms with van der Waals surface area (Å²) in [6.07, 6.45) is 1.71. The first kappa shape index (κ1) is 30.4. The quantitative estimate of drug-likeness (QED) is 0.172. The molecule has 0 unspecified atom stereocenters. The van der Waals surface area contributed by atoms with Crippen molar-refractivity contribution in [3.63, 3.8) is 0 Å². The third kappa shape index (κ3) is 4.17. The molecular weight excluding hydrogens is 669 g/mol. The van der Waals surface area contributed by atoms with Crippen molar-refractivity contribution in [2.45, 2.75) is 19.3 Å². The lowest BCUT2D eigenvalue weighted by Crippen LogP contribution is -2.14. The van der Waals surface area contributed by atoms with Gasteiger partial charge in [0, 0.05) is 44.0 Å². The SMILES string of the molecule is CC1(C)c2ccccc2-c2ccc(-c3cccc(-c4cc(-n5c6ccccc6c6ccc7c(cc8c9ccccc9c9ccccc9n87)c65)ncn4)c3)cc21. The van der Waals surface area contributed by atoms with E-state index in [0.717, 1.165) is 28.1 Å². The van der Waals surface area contributed by atoms with E-state index in [0.29, 0.717) is 0 Å². The van der Waals surface area contributed by atoms with E-state index < -0.39 is 0 Å². The Bertz CT molecular complexity index is 3420. The second-order valence-corrected chi connectivity index (χ2v) is 15.4. The number of para-hydroxylation sites is 2. The van der Waals surface area contributed by atoms with Crippen molar-refractivity contribution in [2.75, 3.05) is 0 Å². The Balaban J connectivity index is 1.05. The Kier molecular flexibility index (Phi) is 6.09. The molecule has 4 heteroatoms. The normalized spacial score (nSPS) is 13.4. The zero-order valence-electron chi connectivity index (χ0n) is 30.5. The van der Waals surface area contributed by atoms with Crippen LogP contribution in [0.25, 0.3) is 99.2 Å². The summed E-state index contributed by atoms with van der Waals surface area (Å²) >= 11 is 0. The van der Waals surface area contributed by atoms with E-state index in [1.54, 1.807) is 6.33 Å². The zero-order valence-corrected chi connectivity index (χ0v) is 30.5. The van der Waals surface area contributed by atoms with Crippen LogP contribution < -0.4 is 0 Å². The predicted molar refractivity (Wildman–Crippen MR) is 228 cm³/mol. The Morgan fingerprint density at radius 1 is 0.418 bits per heavy atom. The first-order valence-electron chi connectivity index (χ1n) is 19.0. The highest BCUT2D eigenvalue weighted by molar-refractivity contribution is 6.22. The molecule has 1 aliphatic carbocycles. The minimum atomic E-state index is -0.0545. The van der Waals surface area contributed by atoms with E-state index in [-0.39, 0.29) is 5.41 Å². The van der Waals surface area contributed by atoms with E-state index in [9.17, 15) is 0 Å². The fourth-order valence-corrected chi connectivity index (χ4v) is 9.64. The number of nitrogens with zero attached hydrogens (tertiary/aromatic N) is 4. The molecule has 0 aliphatic heterocycles. The summed E-state index contributed by atoms with van der Waals surface area (Å²) in [5, 5.41) is 7.36. The average Bonchev–Trinajstić information content (AvgIpc) is 3.87. The summed E-state index contributed by atoms with van der Waals surface area (Å²) in [5.74, 6) is 0.844. The van der Waals surface area contributed by atoms with Gasteiger partial charge >= 0.3 is 0 Å². The Hall–Kier alpha value is -7.04. The molecule has 0 bridgehead atoms. The molecule has 7 aromatic carbocycles. The van der Waals surface area contributed by atoms with Crippen molar-refractivity contribution in [2.24, 2.45) is 0 Å². The zero-order chi connectivity index (χ0) is 36.4. The molecule has 0 N–H and O–H groups in total. The van der Waals surface area contributed by atoms with Crippen molar-refractivity contribution < 1.29 is 0 Å². The Labute approximate surface area is 317 Å². The molecule has 0 atom stereocenters. The molecule has 0 radical (unpaired) electrons. The van der Waals surface area contributed by atoms with Crippen LogP contribution in [0.4, 0.5) is 0 Å². The Morgan fingerprint density at radius 3 is 1.93 bits per heavy atom. The summed E-state index contributed by atoms with van der Waals surface area (Å²) in [5.41, 5.74) is 15.6. The van der Waals surface area contributed by atoms with Crippen LogP contribution >= 0.6 is 0 Å². The molecule has 12 rings (SSSR count). The number of benzene rings is 7. The Morgan fingerprint density at radius 2 is 1.07 bits per heavy atom. The van der Waals surface area contributed by atoms with Crippen molar-refractivity contribution >= 4 is 59.9 Å². The highest BCUT2D eigenvalue weighted by atomic mass is 15.1. The van der Waals surface area contributed by atoms with Crippen molar-refractivity contribution in [3.05, 3.63) is 181 Å². The molecule has 0 spiro atoms. The van der Waals surface area contributed by atoms with Gasteiger partial charge in [-0.2, -0.15) is 0 Å². The molecule has 0 saturated heterocycles. The largest absolute Gasteiger partial charge is 0.309 e. The van der Waals surface area contributed by atoms with Gasteiger partial charge in [-0.15, -0.1) is 0 Å². The lowest BCUT2D eigenvalue weighted by atomic mass is 9.81. The maximum Gasteiger partial charge on any atom is 0.141 e. The first-order valence-corrected chi connectivity index (χ1v) is 19.0. The van der Waals surface area contributed by atoms with Crippen LogP contribution in [0.3, 0.4) is 0 Å². The average molecular weight is 703 g/mol. The second-order valence-electron chi connectivity index (χ2n) is 15.4. The maximum absolute atomic E-state index is 4.97. The maximum atomic E-state index is 4.97. The molecule has 4 nitrogen and oxygen atoms in total. The minimum Gasteiger partial charge on any atom is -0.309 e. The summed E-state index contributed by atoms with van der Waals surface area (Å²) < 4.78 is 4.77. The lowest BCUT2D eigenvalue weighted by Gasteiger charge is -2.22. The third-order valence-electron chi connectivity index (χ3n) is 12.2. The smallest absolute Gasteiger partial charge is 0.141 e. The van der Waals surface area contributed by atoms with Gasteiger partial charge < -0.3 is 4.40 Å². The number of rotatable bonds is 3. The van der Waals surface area contributed by atoms with Crippen LogP contribution in [-0.2, 0) is 5.41 Å². The van der Waals surface area contributed by atoms with E-state index in [2.05, 4.69) is 187 Å². The van der Waals surface area contributed by atoms with E-state index >= 15 is 0 Å². The van der Waals surface area contributed by atoms with Gasteiger partial charge in [-0.3, -0.25) is 4.57 Å². The first-order chi connectivity index (χ1) is 27.0. The lowest BCUT2D eigenvalue weighted by molar-refractivity contribution is 0.660. The molecule has 0 saturated carbocycles. The minimum absolute atomic E-state index is 0.0545. The topological polar surface area (TPSA) is 35.1 Å². The van der Waals surface area contributed by atoms with Crippen LogP contribution in [0.2, 0.25) is 0 Å². The molecule has 55 heavy (non-hydrogen) atoms. The number of hydrogen-bond acceptors (Lipinski definition) is 2. The molecule has 258 valence electrons. The summed E-state index contributed by atoms with van der Waals surface area (Å²) in [6.45, 7) is 4.67. The summed E-state index contributed by atoms with van der Waals surface area (Å²) in [7, 11) is 0. The molecule has 0 amide bonds. The van der Waals surface area contributed by atoms with Crippen LogP contribution in [0, 0.1) is 0 Å². The summed E-state index contributed by atoms with van der Waals surface area (Å²) in [4.78, 5) is 9.83. The number of hydrogen-bond donors (Lipinski definition) is 0. The van der Waals surface area contributed by atoms with Gasteiger partial charge in [0.15, 0.2) is 0 Å². The molecule has 11 aromatic rings. The van der Waals surface area contributed by atoms with Crippen LogP contribution in [0.1, 0.15) is 25.0 Å². The van der Waals surface area contributed by atoms with Crippen LogP contribution in [-0.4, -0.2) is 18.9 Å².